The van der Waals surface area contributed by atoms with Crippen LogP contribution in [0.4, 0.5) is 0 Å². The fraction of sp³-hybridized carbons (Fsp3) is 0.429. The molecule has 4 rings (SSSR count). The van der Waals surface area contributed by atoms with Crippen molar-refractivity contribution in [1.29, 1.82) is 0 Å². The SMILES string of the molecule is C=C(C)C(=O)OCCOc1c2c(c(OCCOC(=O)C(=C)C)c3cc(Cl)ccc13)C1CCC2C1C. The lowest BCUT2D eigenvalue weighted by Crippen LogP contribution is -2.15. The summed E-state index contributed by atoms with van der Waals surface area (Å²) in [5.41, 5.74) is 3.03. The third kappa shape index (κ3) is 4.90. The van der Waals surface area contributed by atoms with Crippen molar-refractivity contribution < 1.29 is 28.5 Å². The summed E-state index contributed by atoms with van der Waals surface area (Å²) in [5, 5.41) is 2.35. The van der Waals surface area contributed by atoms with Gasteiger partial charge in [0.2, 0.25) is 0 Å². The zero-order valence-corrected chi connectivity index (χ0v) is 21.2. The van der Waals surface area contributed by atoms with Gasteiger partial charge in [0.15, 0.2) is 0 Å². The molecule has 35 heavy (non-hydrogen) atoms. The first kappa shape index (κ1) is 25.1. The van der Waals surface area contributed by atoms with Crippen molar-refractivity contribution in [1.82, 2.24) is 0 Å². The van der Waals surface area contributed by atoms with Crippen LogP contribution in [-0.4, -0.2) is 38.4 Å². The second-order valence-corrected chi connectivity index (χ2v) is 9.79. The van der Waals surface area contributed by atoms with Gasteiger partial charge in [-0.15, -0.1) is 0 Å². The summed E-state index contributed by atoms with van der Waals surface area (Å²) in [4.78, 5) is 23.5. The zero-order chi connectivity index (χ0) is 25.3. The summed E-state index contributed by atoms with van der Waals surface area (Å²) < 4.78 is 23.0. The molecular formula is C28H31ClO6. The lowest BCUT2D eigenvalue weighted by atomic mass is 9.87. The van der Waals surface area contributed by atoms with E-state index in [2.05, 4.69) is 20.1 Å². The number of esters is 2. The minimum atomic E-state index is -0.435. The molecule has 0 heterocycles. The predicted octanol–water partition coefficient (Wildman–Crippen LogP) is 6.10. The molecule has 0 saturated heterocycles. The predicted molar refractivity (Wildman–Crippen MR) is 135 cm³/mol. The summed E-state index contributed by atoms with van der Waals surface area (Å²) in [6, 6.07) is 5.66. The summed E-state index contributed by atoms with van der Waals surface area (Å²) in [6.07, 6.45) is 2.18. The fourth-order valence-corrected chi connectivity index (χ4v) is 5.44. The molecule has 0 N–H and O–H groups in total. The molecule has 1 saturated carbocycles. The Balaban J connectivity index is 1.67. The molecule has 0 radical (unpaired) electrons. The molecule has 1 fully saturated rings. The Morgan fingerprint density at radius 3 is 1.83 bits per heavy atom. The normalized spacial score (nSPS) is 19.8. The fourth-order valence-electron chi connectivity index (χ4n) is 5.27. The van der Waals surface area contributed by atoms with Gasteiger partial charge in [0, 0.05) is 38.1 Å². The number of benzene rings is 2. The van der Waals surface area contributed by atoms with Gasteiger partial charge in [-0.1, -0.05) is 31.7 Å². The third-order valence-corrected chi connectivity index (χ3v) is 7.11. The Labute approximate surface area is 210 Å². The molecule has 2 aliphatic rings. The van der Waals surface area contributed by atoms with E-state index in [1.165, 1.54) is 5.56 Å². The van der Waals surface area contributed by atoms with Crippen molar-refractivity contribution in [3.05, 3.63) is 58.7 Å². The molecule has 2 aliphatic carbocycles. The molecule has 3 atom stereocenters. The Bertz CT molecular complexity index is 1200. The maximum atomic E-state index is 11.7. The minimum Gasteiger partial charge on any atom is -0.489 e. The largest absolute Gasteiger partial charge is 0.489 e. The molecule has 0 amide bonds. The van der Waals surface area contributed by atoms with Crippen molar-refractivity contribution in [3.63, 3.8) is 0 Å². The number of rotatable bonds is 10. The van der Waals surface area contributed by atoms with E-state index in [0.29, 0.717) is 33.9 Å². The van der Waals surface area contributed by atoms with Crippen molar-refractivity contribution in [2.45, 2.75) is 45.4 Å². The number of hydrogen-bond donors (Lipinski definition) is 0. The van der Waals surface area contributed by atoms with Crippen LogP contribution in [0.5, 0.6) is 11.5 Å². The van der Waals surface area contributed by atoms with Crippen molar-refractivity contribution in [2.24, 2.45) is 5.92 Å². The van der Waals surface area contributed by atoms with E-state index in [9.17, 15) is 9.59 Å². The lowest BCUT2D eigenvalue weighted by Gasteiger charge is -2.25. The van der Waals surface area contributed by atoms with Gasteiger partial charge in [0.25, 0.3) is 0 Å². The van der Waals surface area contributed by atoms with Gasteiger partial charge in [-0.05, 0) is 62.6 Å². The van der Waals surface area contributed by atoms with Crippen molar-refractivity contribution >= 4 is 34.3 Å². The van der Waals surface area contributed by atoms with Crippen LogP contribution in [0.3, 0.4) is 0 Å². The van der Waals surface area contributed by atoms with E-state index >= 15 is 0 Å². The van der Waals surface area contributed by atoms with Gasteiger partial charge < -0.3 is 18.9 Å². The molecular weight excluding hydrogens is 468 g/mol. The second kappa shape index (κ2) is 10.3. The average Bonchev–Trinajstić information content (AvgIpc) is 3.32. The zero-order valence-electron chi connectivity index (χ0n) is 20.4. The smallest absolute Gasteiger partial charge is 0.333 e. The van der Waals surface area contributed by atoms with Crippen LogP contribution in [0.15, 0.2) is 42.5 Å². The molecule has 2 aromatic carbocycles. The van der Waals surface area contributed by atoms with E-state index in [1.807, 2.05) is 18.2 Å². The van der Waals surface area contributed by atoms with Gasteiger partial charge >= 0.3 is 11.9 Å². The lowest BCUT2D eigenvalue weighted by molar-refractivity contribution is -0.140. The first-order chi connectivity index (χ1) is 16.7. The summed E-state index contributed by atoms with van der Waals surface area (Å²) in [7, 11) is 0. The molecule has 2 aromatic rings. The van der Waals surface area contributed by atoms with Crippen LogP contribution in [-0.2, 0) is 19.1 Å². The monoisotopic (exact) mass is 498 g/mol. The molecule has 2 bridgehead atoms. The maximum Gasteiger partial charge on any atom is 0.333 e. The number of fused-ring (bicyclic) bond motifs is 6. The highest BCUT2D eigenvalue weighted by Gasteiger charge is 2.47. The van der Waals surface area contributed by atoms with Crippen LogP contribution in [0.25, 0.3) is 10.8 Å². The van der Waals surface area contributed by atoms with Gasteiger partial charge in [0.1, 0.15) is 37.9 Å². The third-order valence-electron chi connectivity index (χ3n) is 6.87. The molecule has 186 valence electrons. The average molecular weight is 499 g/mol. The van der Waals surface area contributed by atoms with Crippen LogP contribution in [0.1, 0.15) is 56.6 Å². The van der Waals surface area contributed by atoms with E-state index in [-0.39, 0.29) is 26.4 Å². The summed E-state index contributed by atoms with van der Waals surface area (Å²) >= 11 is 6.39. The Kier molecular flexibility index (Phi) is 7.41. The van der Waals surface area contributed by atoms with Crippen molar-refractivity contribution in [3.8, 4) is 11.5 Å². The number of hydrogen-bond acceptors (Lipinski definition) is 6. The number of halogens is 1. The van der Waals surface area contributed by atoms with Gasteiger partial charge in [-0.2, -0.15) is 0 Å². The Morgan fingerprint density at radius 1 is 0.857 bits per heavy atom. The highest BCUT2D eigenvalue weighted by atomic mass is 35.5. The molecule has 0 aliphatic heterocycles. The first-order valence-corrected chi connectivity index (χ1v) is 12.3. The molecule has 0 spiro atoms. The quantitative estimate of drug-likeness (QED) is 0.224. The van der Waals surface area contributed by atoms with Gasteiger partial charge in [0.05, 0.1) is 0 Å². The first-order valence-electron chi connectivity index (χ1n) is 11.9. The van der Waals surface area contributed by atoms with Crippen LogP contribution < -0.4 is 9.47 Å². The van der Waals surface area contributed by atoms with E-state index in [4.69, 9.17) is 30.5 Å². The number of ether oxygens (including phenoxy) is 4. The maximum absolute atomic E-state index is 11.7. The molecule has 3 unspecified atom stereocenters. The molecule has 0 aromatic heterocycles. The number of carbonyl (C=O) groups excluding carboxylic acids is 2. The van der Waals surface area contributed by atoms with Gasteiger partial charge in [-0.25, -0.2) is 9.59 Å². The molecule has 7 heteroatoms. The van der Waals surface area contributed by atoms with Crippen LogP contribution in [0.2, 0.25) is 5.02 Å². The molecule has 6 nitrogen and oxygen atoms in total. The topological polar surface area (TPSA) is 71.1 Å². The van der Waals surface area contributed by atoms with Crippen LogP contribution in [0, 0.1) is 5.92 Å². The Hall–Kier alpha value is -2.99. The highest BCUT2D eigenvalue weighted by Crippen LogP contribution is 2.63. The van der Waals surface area contributed by atoms with Crippen LogP contribution >= 0.6 is 11.6 Å². The summed E-state index contributed by atoms with van der Waals surface area (Å²) in [5.74, 6) is 1.91. The minimum absolute atomic E-state index is 0.124. The van der Waals surface area contributed by atoms with E-state index in [1.54, 1.807) is 13.8 Å². The standard InChI is InChI=1S/C28H31ClO6/c1-15(2)27(30)34-12-10-32-25-21-7-6-18(29)14-22(21)26(33-11-13-35-28(31)16(3)4)24-20-9-8-19(17(20)5)23(24)25/h6-7,14,17,19-20H,1,3,8-13H2,2,4-5H3. The number of carbonyl (C=O) groups is 2. The summed E-state index contributed by atoms with van der Waals surface area (Å²) in [6.45, 7) is 13.4. The van der Waals surface area contributed by atoms with Gasteiger partial charge in [-0.3, -0.25) is 0 Å². The van der Waals surface area contributed by atoms with E-state index < -0.39 is 11.9 Å². The van der Waals surface area contributed by atoms with Crippen molar-refractivity contribution in [2.75, 3.05) is 26.4 Å². The second-order valence-electron chi connectivity index (χ2n) is 9.35. The van der Waals surface area contributed by atoms with E-state index in [0.717, 1.165) is 40.7 Å². The Morgan fingerprint density at radius 2 is 1.34 bits per heavy atom. The highest BCUT2D eigenvalue weighted by molar-refractivity contribution is 6.31.